The second kappa shape index (κ2) is 3.95. The Labute approximate surface area is 80.7 Å². The largest absolute Gasteiger partial charge is 0.328 e. The summed E-state index contributed by atoms with van der Waals surface area (Å²) >= 11 is 0. The lowest BCUT2D eigenvalue weighted by Gasteiger charge is -2.35. The standard InChI is InChI=1S/C9H18N2.ClH/c10-8-1-3-9(4-2-8)5-6-11-7-9;/h8,11H,1-7,10H2;1H. The van der Waals surface area contributed by atoms with Crippen LogP contribution in [0.3, 0.4) is 0 Å². The van der Waals surface area contributed by atoms with Crippen molar-refractivity contribution in [2.75, 3.05) is 13.1 Å². The first-order chi connectivity index (χ1) is 5.31. The molecule has 0 aromatic heterocycles. The van der Waals surface area contributed by atoms with Crippen molar-refractivity contribution in [3.05, 3.63) is 0 Å². The van der Waals surface area contributed by atoms with E-state index in [1.165, 1.54) is 45.2 Å². The molecule has 1 saturated carbocycles. The van der Waals surface area contributed by atoms with Crippen LogP contribution in [0.15, 0.2) is 0 Å². The normalized spacial score (nSPS) is 41.2. The summed E-state index contributed by atoms with van der Waals surface area (Å²) < 4.78 is 0. The summed E-state index contributed by atoms with van der Waals surface area (Å²) in [7, 11) is 0. The lowest BCUT2D eigenvalue weighted by molar-refractivity contribution is 0.200. The van der Waals surface area contributed by atoms with Crippen LogP contribution in [0.1, 0.15) is 32.1 Å². The predicted molar refractivity (Wildman–Crippen MR) is 53.6 cm³/mol. The predicted octanol–water partition coefficient (Wildman–Crippen LogP) is 1.29. The molecule has 0 radical (unpaired) electrons. The number of nitrogens with one attached hydrogen (secondary N) is 1. The second-order valence-corrected chi connectivity index (χ2v) is 4.26. The van der Waals surface area contributed by atoms with E-state index in [4.69, 9.17) is 5.73 Å². The molecule has 0 aromatic rings. The first-order valence-electron chi connectivity index (χ1n) is 4.77. The molecule has 12 heavy (non-hydrogen) atoms. The van der Waals surface area contributed by atoms with Crippen molar-refractivity contribution in [1.29, 1.82) is 0 Å². The molecule has 1 aliphatic carbocycles. The molecule has 1 heterocycles. The zero-order valence-electron chi connectivity index (χ0n) is 7.51. The highest BCUT2D eigenvalue weighted by atomic mass is 35.5. The van der Waals surface area contributed by atoms with Crippen LogP contribution in [0.5, 0.6) is 0 Å². The van der Waals surface area contributed by atoms with Gasteiger partial charge in [-0.05, 0) is 44.1 Å². The molecule has 2 nitrogen and oxygen atoms in total. The molecule has 1 aliphatic heterocycles. The van der Waals surface area contributed by atoms with E-state index in [2.05, 4.69) is 5.32 Å². The minimum atomic E-state index is 0. The average Bonchev–Trinajstić information content (AvgIpc) is 2.45. The van der Waals surface area contributed by atoms with Crippen molar-refractivity contribution in [3.63, 3.8) is 0 Å². The van der Waals surface area contributed by atoms with Crippen LogP contribution in [0.2, 0.25) is 0 Å². The van der Waals surface area contributed by atoms with Gasteiger partial charge in [-0.3, -0.25) is 0 Å². The van der Waals surface area contributed by atoms with Crippen molar-refractivity contribution in [2.45, 2.75) is 38.1 Å². The molecule has 2 aliphatic rings. The summed E-state index contributed by atoms with van der Waals surface area (Å²) in [6, 6.07) is 0.501. The van der Waals surface area contributed by atoms with E-state index in [-0.39, 0.29) is 12.4 Å². The Bertz CT molecular complexity index is 133. The van der Waals surface area contributed by atoms with E-state index in [1.807, 2.05) is 0 Å². The molecule has 3 N–H and O–H groups in total. The van der Waals surface area contributed by atoms with E-state index < -0.39 is 0 Å². The minimum Gasteiger partial charge on any atom is -0.328 e. The maximum atomic E-state index is 5.87. The summed E-state index contributed by atoms with van der Waals surface area (Å²) in [6.45, 7) is 2.48. The molecule has 0 bridgehead atoms. The van der Waals surface area contributed by atoms with Gasteiger partial charge in [0.1, 0.15) is 0 Å². The molecule has 1 spiro atoms. The SMILES string of the molecule is Cl.NC1CCC2(CCNC2)CC1. The number of nitrogens with two attached hydrogens (primary N) is 1. The topological polar surface area (TPSA) is 38.0 Å². The summed E-state index contributed by atoms with van der Waals surface area (Å²) in [5.41, 5.74) is 6.53. The zero-order valence-corrected chi connectivity index (χ0v) is 8.33. The van der Waals surface area contributed by atoms with Crippen molar-refractivity contribution < 1.29 is 0 Å². The quantitative estimate of drug-likeness (QED) is 0.604. The molecule has 0 atom stereocenters. The molecule has 2 rings (SSSR count). The number of hydrogen-bond donors (Lipinski definition) is 2. The molecule has 1 saturated heterocycles. The van der Waals surface area contributed by atoms with Gasteiger partial charge >= 0.3 is 0 Å². The third-order valence-electron chi connectivity index (χ3n) is 3.42. The first kappa shape index (κ1) is 10.3. The first-order valence-corrected chi connectivity index (χ1v) is 4.77. The number of hydrogen-bond acceptors (Lipinski definition) is 2. The molecule has 0 unspecified atom stereocenters. The second-order valence-electron chi connectivity index (χ2n) is 4.26. The van der Waals surface area contributed by atoms with Crippen LogP contribution >= 0.6 is 12.4 Å². The fourth-order valence-electron chi connectivity index (χ4n) is 2.47. The highest BCUT2D eigenvalue weighted by Gasteiger charge is 2.36. The van der Waals surface area contributed by atoms with Gasteiger partial charge in [-0.15, -0.1) is 12.4 Å². The highest BCUT2D eigenvalue weighted by Crippen LogP contribution is 2.40. The summed E-state index contributed by atoms with van der Waals surface area (Å²) in [4.78, 5) is 0. The Morgan fingerprint density at radius 1 is 1.17 bits per heavy atom. The van der Waals surface area contributed by atoms with Gasteiger partial charge in [-0.1, -0.05) is 0 Å². The Balaban J connectivity index is 0.000000720. The highest BCUT2D eigenvalue weighted by molar-refractivity contribution is 5.85. The van der Waals surface area contributed by atoms with Crippen LogP contribution in [0.4, 0.5) is 0 Å². The van der Waals surface area contributed by atoms with Gasteiger partial charge in [0.15, 0.2) is 0 Å². The van der Waals surface area contributed by atoms with Gasteiger partial charge in [0, 0.05) is 12.6 Å². The lowest BCUT2D eigenvalue weighted by Crippen LogP contribution is -2.35. The van der Waals surface area contributed by atoms with Gasteiger partial charge in [0.05, 0.1) is 0 Å². The van der Waals surface area contributed by atoms with E-state index in [1.54, 1.807) is 0 Å². The summed E-state index contributed by atoms with van der Waals surface area (Å²) in [5, 5.41) is 3.46. The Hall–Kier alpha value is 0.210. The molecule has 72 valence electrons. The van der Waals surface area contributed by atoms with Crippen molar-refractivity contribution in [3.8, 4) is 0 Å². The smallest absolute Gasteiger partial charge is 0.00392 e. The van der Waals surface area contributed by atoms with Gasteiger partial charge in [0.25, 0.3) is 0 Å². The maximum absolute atomic E-state index is 5.87. The summed E-state index contributed by atoms with van der Waals surface area (Å²) in [5.74, 6) is 0. The molecular weight excluding hydrogens is 172 g/mol. The van der Waals surface area contributed by atoms with Gasteiger partial charge in [0.2, 0.25) is 0 Å². The van der Waals surface area contributed by atoms with Crippen LogP contribution in [-0.2, 0) is 0 Å². The van der Waals surface area contributed by atoms with Crippen LogP contribution in [-0.4, -0.2) is 19.1 Å². The van der Waals surface area contributed by atoms with Gasteiger partial charge in [-0.2, -0.15) is 0 Å². The van der Waals surface area contributed by atoms with Crippen molar-refractivity contribution >= 4 is 12.4 Å². The summed E-state index contributed by atoms with van der Waals surface area (Å²) in [6.07, 6.45) is 6.62. The Morgan fingerprint density at radius 2 is 1.83 bits per heavy atom. The zero-order chi connectivity index (χ0) is 7.73. The Morgan fingerprint density at radius 3 is 2.33 bits per heavy atom. The van der Waals surface area contributed by atoms with E-state index in [0.717, 1.165) is 0 Å². The Kier molecular flexibility index (Phi) is 3.38. The van der Waals surface area contributed by atoms with Crippen LogP contribution in [0.25, 0.3) is 0 Å². The van der Waals surface area contributed by atoms with Crippen LogP contribution in [0, 0.1) is 5.41 Å². The van der Waals surface area contributed by atoms with Crippen molar-refractivity contribution in [1.82, 2.24) is 5.32 Å². The van der Waals surface area contributed by atoms with Gasteiger partial charge < -0.3 is 11.1 Å². The molecule has 0 aromatic carbocycles. The van der Waals surface area contributed by atoms with Crippen molar-refractivity contribution in [2.24, 2.45) is 11.1 Å². The third kappa shape index (κ3) is 1.93. The molecular formula is C9H19ClN2. The fraction of sp³-hybridized carbons (Fsp3) is 1.00. The minimum absolute atomic E-state index is 0. The van der Waals surface area contributed by atoms with E-state index >= 15 is 0 Å². The van der Waals surface area contributed by atoms with Gasteiger partial charge in [-0.25, -0.2) is 0 Å². The molecule has 2 fully saturated rings. The third-order valence-corrected chi connectivity index (χ3v) is 3.42. The monoisotopic (exact) mass is 190 g/mol. The van der Waals surface area contributed by atoms with Crippen LogP contribution < -0.4 is 11.1 Å². The maximum Gasteiger partial charge on any atom is 0.00392 e. The number of rotatable bonds is 0. The molecule has 0 amide bonds. The average molecular weight is 191 g/mol. The lowest BCUT2D eigenvalue weighted by atomic mass is 9.72. The van der Waals surface area contributed by atoms with E-state index in [9.17, 15) is 0 Å². The number of halogens is 1. The molecule has 3 heteroatoms. The fourth-order valence-corrected chi connectivity index (χ4v) is 2.47. The van der Waals surface area contributed by atoms with E-state index in [0.29, 0.717) is 11.5 Å².